The molecule has 0 unspecified atom stereocenters. The van der Waals surface area contributed by atoms with Crippen molar-refractivity contribution in [3.05, 3.63) is 72.3 Å². The van der Waals surface area contributed by atoms with E-state index in [9.17, 15) is 0 Å². The minimum absolute atomic E-state index is 0.409. The molecule has 0 fully saturated rings. The molecule has 2 aromatic carbocycles. The lowest BCUT2D eigenvalue weighted by molar-refractivity contribution is 0.186. The fraction of sp³-hybridized carbons (Fsp3) is 0.158. The highest BCUT2D eigenvalue weighted by molar-refractivity contribution is 5.79. The van der Waals surface area contributed by atoms with Crippen LogP contribution in [0.15, 0.2) is 61.1 Å². The van der Waals surface area contributed by atoms with Crippen molar-refractivity contribution in [3.8, 4) is 11.7 Å². The number of benzene rings is 2. The van der Waals surface area contributed by atoms with Crippen molar-refractivity contribution >= 4 is 11.0 Å². The van der Waals surface area contributed by atoms with Crippen LogP contribution in [0.5, 0.6) is 5.75 Å². The fourth-order valence-electron chi connectivity index (χ4n) is 2.70. The van der Waals surface area contributed by atoms with E-state index in [1.165, 1.54) is 0 Å². The highest BCUT2D eigenvalue weighted by atomic mass is 16.5. The molecule has 0 aliphatic carbocycles. The number of rotatable bonds is 6. The molecular weight excluding hydrogens is 316 g/mol. The number of hydrogen-bond donors (Lipinski definition) is 1. The van der Waals surface area contributed by atoms with Crippen LogP contribution in [0.1, 0.15) is 11.3 Å². The Hall–Kier alpha value is -3.12. The van der Waals surface area contributed by atoms with Crippen LogP contribution in [0.4, 0.5) is 0 Å². The summed E-state index contributed by atoms with van der Waals surface area (Å²) in [5, 5.41) is 0. The van der Waals surface area contributed by atoms with Crippen molar-refractivity contribution < 1.29 is 9.47 Å². The summed E-state index contributed by atoms with van der Waals surface area (Å²) in [6.07, 6.45) is 3.65. The quantitative estimate of drug-likeness (QED) is 0.586. The maximum atomic E-state index is 5.73. The molecule has 2 aromatic heterocycles. The molecule has 0 radical (unpaired) electrons. The minimum Gasteiger partial charge on any atom is -0.487 e. The number of aromatic amines is 1. The van der Waals surface area contributed by atoms with E-state index in [1.807, 2.05) is 59.3 Å². The Morgan fingerprint density at radius 3 is 2.76 bits per heavy atom. The van der Waals surface area contributed by atoms with E-state index in [0.29, 0.717) is 13.2 Å². The van der Waals surface area contributed by atoms with Crippen molar-refractivity contribution in [2.75, 3.05) is 7.11 Å². The molecule has 25 heavy (non-hydrogen) atoms. The fourth-order valence-corrected chi connectivity index (χ4v) is 2.70. The van der Waals surface area contributed by atoms with Crippen molar-refractivity contribution in [1.29, 1.82) is 0 Å². The molecule has 0 atom stereocenters. The maximum Gasteiger partial charge on any atom is 0.213 e. The Bertz CT molecular complexity index is 975. The summed E-state index contributed by atoms with van der Waals surface area (Å²) in [4.78, 5) is 12.4. The average Bonchev–Trinajstić information content (AvgIpc) is 3.28. The zero-order valence-corrected chi connectivity index (χ0v) is 13.8. The van der Waals surface area contributed by atoms with Gasteiger partial charge in [-0.2, -0.15) is 0 Å². The van der Waals surface area contributed by atoms with Gasteiger partial charge in [-0.1, -0.05) is 30.3 Å². The van der Waals surface area contributed by atoms with Crippen molar-refractivity contribution in [3.63, 3.8) is 0 Å². The molecule has 0 bridgehead atoms. The summed E-state index contributed by atoms with van der Waals surface area (Å²) in [6, 6.07) is 15.7. The van der Waals surface area contributed by atoms with Gasteiger partial charge in [-0.15, -0.1) is 0 Å². The van der Waals surface area contributed by atoms with E-state index in [1.54, 1.807) is 13.4 Å². The van der Waals surface area contributed by atoms with Gasteiger partial charge in [0.1, 0.15) is 18.7 Å². The number of H-pyrrole nitrogens is 1. The Labute approximate surface area is 145 Å². The standard InChI is InChI=1S/C19H18N4O2/c1-24-11-14-6-5-9-17-18(14)22-19(21-17)23-10-15(20-13-23)12-25-16-7-3-2-4-8-16/h2-10,13H,11-12H2,1H3,(H,21,22). The van der Waals surface area contributed by atoms with Gasteiger partial charge in [0.05, 0.1) is 23.3 Å². The molecule has 0 saturated carbocycles. The zero-order valence-electron chi connectivity index (χ0n) is 13.8. The van der Waals surface area contributed by atoms with Crippen LogP contribution in [0.25, 0.3) is 17.0 Å². The van der Waals surface area contributed by atoms with Gasteiger partial charge in [-0.3, -0.25) is 4.57 Å². The first kappa shape index (κ1) is 15.4. The van der Waals surface area contributed by atoms with E-state index >= 15 is 0 Å². The third kappa shape index (κ3) is 3.25. The number of fused-ring (bicyclic) bond motifs is 1. The minimum atomic E-state index is 0.409. The lowest BCUT2D eigenvalue weighted by atomic mass is 10.2. The highest BCUT2D eigenvalue weighted by Crippen LogP contribution is 2.19. The topological polar surface area (TPSA) is 65.0 Å². The van der Waals surface area contributed by atoms with E-state index < -0.39 is 0 Å². The van der Waals surface area contributed by atoms with Gasteiger partial charge in [0.25, 0.3) is 0 Å². The molecule has 2 heterocycles. The Kier molecular flexibility index (Phi) is 4.18. The third-order valence-electron chi connectivity index (χ3n) is 3.90. The third-order valence-corrected chi connectivity index (χ3v) is 3.90. The smallest absolute Gasteiger partial charge is 0.213 e. The molecule has 4 aromatic rings. The van der Waals surface area contributed by atoms with Gasteiger partial charge < -0.3 is 14.5 Å². The van der Waals surface area contributed by atoms with Gasteiger partial charge >= 0.3 is 0 Å². The van der Waals surface area contributed by atoms with Crippen molar-refractivity contribution in [2.24, 2.45) is 0 Å². The van der Waals surface area contributed by atoms with Crippen LogP contribution in [0.3, 0.4) is 0 Å². The molecule has 0 amide bonds. The van der Waals surface area contributed by atoms with E-state index in [-0.39, 0.29) is 0 Å². The predicted octanol–water partition coefficient (Wildman–Crippen LogP) is 3.47. The summed E-state index contributed by atoms with van der Waals surface area (Å²) >= 11 is 0. The van der Waals surface area contributed by atoms with Gasteiger partial charge in [-0.05, 0) is 18.2 Å². The summed E-state index contributed by atoms with van der Waals surface area (Å²) in [5.74, 6) is 1.54. The number of nitrogens with zero attached hydrogens (tertiary/aromatic N) is 3. The number of para-hydroxylation sites is 2. The van der Waals surface area contributed by atoms with Gasteiger partial charge in [0.2, 0.25) is 5.95 Å². The number of imidazole rings is 2. The number of aromatic nitrogens is 4. The monoisotopic (exact) mass is 334 g/mol. The molecule has 6 nitrogen and oxygen atoms in total. The summed E-state index contributed by atoms with van der Waals surface area (Å²) in [7, 11) is 1.69. The second-order valence-corrected chi connectivity index (χ2v) is 5.68. The number of hydrogen-bond acceptors (Lipinski definition) is 4. The van der Waals surface area contributed by atoms with Crippen LogP contribution in [0, 0.1) is 0 Å². The average molecular weight is 334 g/mol. The Balaban J connectivity index is 1.55. The normalized spacial score (nSPS) is 11.1. The van der Waals surface area contributed by atoms with E-state index in [4.69, 9.17) is 9.47 Å². The molecule has 0 saturated heterocycles. The first-order valence-corrected chi connectivity index (χ1v) is 8.01. The predicted molar refractivity (Wildman–Crippen MR) is 94.7 cm³/mol. The summed E-state index contributed by atoms with van der Waals surface area (Å²) < 4.78 is 12.8. The molecule has 0 aliphatic heterocycles. The summed E-state index contributed by atoms with van der Waals surface area (Å²) in [5.41, 5.74) is 3.79. The molecule has 0 aliphatic rings. The van der Waals surface area contributed by atoms with Crippen LogP contribution in [0.2, 0.25) is 0 Å². The van der Waals surface area contributed by atoms with E-state index in [0.717, 1.165) is 34.0 Å². The molecular formula is C19H18N4O2. The first-order valence-electron chi connectivity index (χ1n) is 8.01. The van der Waals surface area contributed by atoms with Crippen LogP contribution < -0.4 is 4.74 Å². The second-order valence-electron chi connectivity index (χ2n) is 5.68. The molecule has 126 valence electrons. The van der Waals surface area contributed by atoms with Crippen LogP contribution >= 0.6 is 0 Å². The summed E-state index contributed by atoms with van der Waals surface area (Å²) in [6.45, 7) is 0.950. The number of nitrogens with one attached hydrogen (secondary N) is 1. The first-order chi connectivity index (χ1) is 12.3. The molecule has 0 spiro atoms. The van der Waals surface area contributed by atoms with Gasteiger partial charge in [0, 0.05) is 18.9 Å². The number of methoxy groups -OCH3 is 1. The largest absolute Gasteiger partial charge is 0.487 e. The van der Waals surface area contributed by atoms with Crippen LogP contribution in [-0.2, 0) is 18.0 Å². The Morgan fingerprint density at radius 2 is 1.92 bits per heavy atom. The zero-order chi connectivity index (χ0) is 17.1. The van der Waals surface area contributed by atoms with Crippen LogP contribution in [-0.4, -0.2) is 26.6 Å². The molecule has 4 rings (SSSR count). The SMILES string of the molecule is COCc1cccc2nc(-n3cnc(COc4ccccc4)c3)[nH]c12. The maximum absolute atomic E-state index is 5.73. The van der Waals surface area contributed by atoms with E-state index in [2.05, 4.69) is 15.0 Å². The number of ether oxygens (including phenoxy) is 2. The highest BCUT2D eigenvalue weighted by Gasteiger charge is 2.09. The van der Waals surface area contributed by atoms with Crippen molar-refractivity contribution in [1.82, 2.24) is 19.5 Å². The van der Waals surface area contributed by atoms with Gasteiger partial charge in [0.15, 0.2) is 0 Å². The lowest BCUT2D eigenvalue weighted by Crippen LogP contribution is -1.96. The second kappa shape index (κ2) is 6.78. The van der Waals surface area contributed by atoms with Gasteiger partial charge in [-0.25, -0.2) is 9.97 Å². The van der Waals surface area contributed by atoms with Crippen molar-refractivity contribution in [2.45, 2.75) is 13.2 Å². The molecule has 6 heteroatoms. The lowest BCUT2D eigenvalue weighted by Gasteiger charge is -2.02. The Morgan fingerprint density at radius 1 is 1.04 bits per heavy atom. The molecule has 1 N–H and O–H groups in total.